The lowest BCUT2D eigenvalue weighted by Gasteiger charge is -2.41. The summed E-state index contributed by atoms with van der Waals surface area (Å²) >= 11 is 0. The first-order chi connectivity index (χ1) is 9.24. The third-order valence-corrected chi connectivity index (χ3v) is 4.79. The van der Waals surface area contributed by atoms with Crippen LogP contribution in [0.4, 0.5) is 0 Å². The number of hydrogen-bond acceptors (Lipinski definition) is 2. The fourth-order valence-corrected chi connectivity index (χ4v) is 3.16. The Morgan fingerprint density at radius 3 is 2.89 bits per heavy atom. The van der Waals surface area contributed by atoms with Gasteiger partial charge < -0.3 is 9.72 Å². The van der Waals surface area contributed by atoms with E-state index in [9.17, 15) is 0 Å². The Bertz CT molecular complexity index is 561. The van der Waals surface area contributed by atoms with E-state index in [0.29, 0.717) is 5.41 Å². The molecular formula is C16H23N3. The van der Waals surface area contributed by atoms with Crippen LogP contribution in [0.5, 0.6) is 0 Å². The van der Waals surface area contributed by atoms with Crippen molar-refractivity contribution in [1.29, 1.82) is 0 Å². The number of nitrogens with zero attached hydrogens (tertiary/aromatic N) is 2. The van der Waals surface area contributed by atoms with E-state index in [-0.39, 0.29) is 0 Å². The minimum absolute atomic E-state index is 0.578. The van der Waals surface area contributed by atoms with Crippen molar-refractivity contribution in [2.24, 2.45) is 5.41 Å². The molecule has 1 aliphatic carbocycles. The maximum Gasteiger partial charge on any atom is 0.137 e. The molecule has 0 radical (unpaired) electrons. The summed E-state index contributed by atoms with van der Waals surface area (Å²) in [7, 11) is 0. The molecule has 102 valence electrons. The summed E-state index contributed by atoms with van der Waals surface area (Å²) < 4.78 is 2.20. The number of aromatic nitrogens is 2. The number of nitrogens with one attached hydrogen (secondary N) is 1. The monoisotopic (exact) mass is 257 g/mol. The molecule has 3 heteroatoms. The molecule has 3 nitrogen and oxygen atoms in total. The van der Waals surface area contributed by atoms with E-state index >= 15 is 0 Å². The molecule has 2 heterocycles. The Kier molecular flexibility index (Phi) is 3.31. The first-order valence-electron chi connectivity index (χ1n) is 7.37. The highest BCUT2D eigenvalue weighted by Crippen LogP contribution is 2.43. The molecule has 1 aliphatic rings. The molecule has 19 heavy (non-hydrogen) atoms. The molecule has 1 N–H and O–H groups in total. The lowest BCUT2D eigenvalue weighted by atomic mass is 9.67. The molecule has 3 rings (SSSR count). The maximum absolute atomic E-state index is 4.61. The van der Waals surface area contributed by atoms with Crippen LogP contribution in [0.15, 0.2) is 24.4 Å². The smallest absolute Gasteiger partial charge is 0.137 e. The molecule has 0 saturated heterocycles. The highest BCUT2D eigenvalue weighted by atomic mass is 15.0. The van der Waals surface area contributed by atoms with Crippen LogP contribution in [-0.2, 0) is 6.54 Å². The van der Waals surface area contributed by atoms with Crippen LogP contribution in [0.25, 0.3) is 5.65 Å². The highest BCUT2D eigenvalue weighted by Gasteiger charge is 2.34. The van der Waals surface area contributed by atoms with Crippen LogP contribution >= 0.6 is 0 Å². The topological polar surface area (TPSA) is 29.3 Å². The van der Waals surface area contributed by atoms with Gasteiger partial charge in [-0.25, -0.2) is 4.98 Å². The third-order valence-electron chi connectivity index (χ3n) is 4.79. The second-order valence-electron chi connectivity index (χ2n) is 5.88. The lowest BCUT2D eigenvalue weighted by Crippen LogP contribution is -2.39. The Morgan fingerprint density at radius 1 is 1.37 bits per heavy atom. The standard InChI is InChI=1S/C16H23N3/c1-3-16(8-6-9-16)12-17-11-14-13(2)18-15-7-4-5-10-19(14)15/h4-5,7,10,17H,3,6,8-9,11-12H2,1-2H3. The summed E-state index contributed by atoms with van der Waals surface area (Å²) in [4.78, 5) is 4.61. The van der Waals surface area contributed by atoms with E-state index in [2.05, 4.69) is 46.9 Å². The molecule has 0 spiro atoms. The fourth-order valence-electron chi connectivity index (χ4n) is 3.16. The van der Waals surface area contributed by atoms with Gasteiger partial charge in [0.05, 0.1) is 11.4 Å². The number of rotatable bonds is 5. The predicted octanol–water partition coefficient (Wildman–Crippen LogP) is 3.31. The van der Waals surface area contributed by atoms with E-state index in [1.807, 2.05) is 6.07 Å². The third kappa shape index (κ3) is 2.27. The lowest BCUT2D eigenvalue weighted by molar-refractivity contribution is 0.123. The van der Waals surface area contributed by atoms with Crippen LogP contribution in [0.2, 0.25) is 0 Å². The first-order valence-corrected chi connectivity index (χ1v) is 7.37. The Balaban J connectivity index is 1.70. The van der Waals surface area contributed by atoms with Gasteiger partial charge >= 0.3 is 0 Å². The minimum Gasteiger partial charge on any atom is -0.311 e. The second-order valence-corrected chi connectivity index (χ2v) is 5.88. The molecular weight excluding hydrogens is 234 g/mol. The van der Waals surface area contributed by atoms with Gasteiger partial charge in [-0.05, 0) is 43.7 Å². The summed E-state index contributed by atoms with van der Waals surface area (Å²) in [5, 5.41) is 3.65. The minimum atomic E-state index is 0.578. The van der Waals surface area contributed by atoms with Crippen molar-refractivity contribution in [3.05, 3.63) is 35.8 Å². The molecule has 0 aliphatic heterocycles. The van der Waals surface area contributed by atoms with E-state index < -0.39 is 0 Å². The first kappa shape index (κ1) is 12.7. The van der Waals surface area contributed by atoms with Crippen molar-refractivity contribution < 1.29 is 0 Å². The molecule has 2 aromatic heterocycles. The predicted molar refractivity (Wildman–Crippen MR) is 78.2 cm³/mol. The second kappa shape index (κ2) is 4.97. The van der Waals surface area contributed by atoms with Crippen LogP contribution in [0.1, 0.15) is 44.0 Å². The van der Waals surface area contributed by atoms with Gasteiger partial charge in [-0.1, -0.05) is 19.4 Å². The summed E-state index contributed by atoms with van der Waals surface area (Å²) in [5.41, 5.74) is 4.05. The number of pyridine rings is 1. The number of imidazole rings is 1. The molecule has 0 amide bonds. The number of fused-ring (bicyclic) bond motifs is 1. The van der Waals surface area contributed by atoms with Crippen LogP contribution in [-0.4, -0.2) is 15.9 Å². The highest BCUT2D eigenvalue weighted by molar-refractivity contribution is 5.42. The van der Waals surface area contributed by atoms with E-state index in [0.717, 1.165) is 24.4 Å². The van der Waals surface area contributed by atoms with Gasteiger partial charge in [0.1, 0.15) is 5.65 Å². The van der Waals surface area contributed by atoms with Crippen molar-refractivity contribution in [2.75, 3.05) is 6.54 Å². The largest absolute Gasteiger partial charge is 0.311 e. The van der Waals surface area contributed by atoms with Gasteiger partial charge in [-0.2, -0.15) is 0 Å². The van der Waals surface area contributed by atoms with E-state index in [1.54, 1.807) is 0 Å². The molecule has 1 saturated carbocycles. The quantitative estimate of drug-likeness (QED) is 0.890. The summed E-state index contributed by atoms with van der Waals surface area (Å²) in [5.74, 6) is 0. The molecule has 0 bridgehead atoms. The fraction of sp³-hybridized carbons (Fsp3) is 0.562. The summed E-state index contributed by atoms with van der Waals surface area (Å²) in [6, 6.07) is 6.17. The van der Waals surface area contributed by atoms with Crippen molar-refractivity contribution >= 4 is 5.65 Å². The van der Waals surface area contributed by atoms with Crippen LogP contribution in [0.3, 0.4) is 0 Å². The van der Waals surface area contributed by atoms with Gasteiger partial charge in [-0.15, -0.1) is 0 Å². The maximum atomic E-state index is 4.61. The Hall–Kier alpha value is -1.35. The average molecular weight is 257 g/mol. The Labute approximate surface area is 115 Å². The van der Waals surface area contributed by atoms with Gasteiger partial charge in [-0.3, -0.25) is 0 Å². The molecule has 1 fully saturated rings. The Morgan fingerprint density at radius 2 is 2.21 bits per heavy atom. The van der Waals surface area contributed by atoms with Gasteiger partial charge in [0.15, 0.2) is 0 Å². The molecule has 0 aromatic carbocycles. The van der Waals surface area contributed by atoms with Crippen molar-refractivity contribution in [3.63, 3.8) is 0 Å². The zero-order chi connectivity index (χ0) is 13.3. The van der Waals surface area contributed by atoms with Crippen molar-refractivity contribution in [1.82, 2.24) is 14.7 Å². The van der Waals surface area contributed by atoms with E-state index in [1.165, 1.54) is 31.4 Å². The van der Waals surface area contributed by atoms with Gasteiger partial charge in [0.2, 0.25) is 0 Å². The van der Waals surface area contributed by atoms with Gasteiger partial charge in [0, 0.05) is 19.3 Å². The summed E-state index contributed by atoms with van der Waals surface area (Å²) in [6.45, 7) is 6.48. The summed E-state index contributed by atoms with van der Waals surface area (Å²) in [6.07, 6.45) is 7.59. The SMILES string of the molecule is CCC1(CNCc2c(C)nc3ccccn23)CCC1. The van der Waals surface area contributed by atoms with E-state index in [4.69, 9.17) is 0 Å². The normalized spacial score (nSPS) is 17.6. The zero-order valence-corrected chi connectivity index (χ0v) is 11.9. The molecule has 0 unspecified atom stereocenters. The van der Waals surface area contributed by atoms with Crippen molar-refractivity contribution in [2.45, 2.75) is 46.1 Å². The molecule has 0 atom stereocenters. The van der Waals surface area contributed by atoms with Crippen LogP contribution in [0, 0.1) is 12.3 Å². The zero-order valence-electron chi connectivity index (χ0n) is 11.9. The average Bonchev–Trinajstić information content (AvgIpc) is 2.69. The van der Waals surface area contributed by atoms with Crippen LogP contribution < -0.4 is 5.32 Å². The molecule has 2 aromatic rings. The van der Waals surface area contributed by atoms with Gasteiger partial charge in [0.25, 0.3) is 0 Å². The number of hydrogen-bond donors (Lipinski definition) is 1. The van der Waals surface area contributed by atoms with Crippen molar-refractivity contribution in [3.8, 4) is 0 Å². The number of aryl methyl sites for hydroxylation is 1.